The Hall–Kier alpha value is -1.66. The van der Waals surface area contributed by atoms with Crippen LogP contribution < -0.4 is 5.32 Å². The van der Waals surface area contributed by atoms with Crippen LogP contribution in [0.15, 0.2) is 18.2 Å². The highest BCUT2D eigenvalue weighted by Crippen LogP contribution is 2.31. The number of nitrogens with one attached hydrogen (secondary N) is 2. The number of anilines is 1. The molecular formula is C14H15Cl2N5O. The van der Waals surface area contributed by atoms with Crippen molar-refractivity contribution in [1.29, 1.82) is 0 Å². The SMILES string of the molecule is O=C(Nc1cc(Cl)ccc1-c1nn[nH]n1)C1CCC(Cl)CC1. The molecule has 1 aliphatic rings. The fraction of sp³-hybridized carbons (Fsp3) is 0.429. The lowest BCUT2D eigenvalue weighted by atomic mass is 9.88. The molecule has 6 nitrogen and oxygen atoms in total. The third kappa shape index (κ3) is 3.39. The summed E-state index contributed by atoms with van der Waals surface area (Å²) >= 11 is 12.1. The Morgan fingerprint density at radius 1 is 1.27 bits per heavy atom. The van der Waals surface area contributed by atoms with Crippen LogP contribution in [0.1, 0.15) is 25.7 Å². The lowest BCUT2D eigenvalue weighted by Crippen LogP contribution is -2.27. The summed E-state index contributed by atoms with van der Waals surface area (Å²) < 4.78 is 0. The maximum Gasteiger partial charge on any atom is 0.227 e. The average Bonchev–Trinajstić information content (AvgIpc) is 3.02. The molecule has 1 aromatic heterocycles. The normalized spacial score (nSPS) is 21.5. The van der Waals surface area contributed by atoms with Gasteiger partial charge in [-0.1, -0.05) is 11.6 Å². The zero-order chi connectivity index (χ0) is 15.5. The van der Waals surface area contributed by atoms with Crippen molar-refractivity contribution in [2.24, 2.45) is 5.92 Å². The molecule has 0 spiro atoms. The number of tetrazole rings is 1. The molecule has 0 aliphatic heterocycles. The van der Waals surface area contributed by atoms with E-state index in [4.69, 9.17) is 23.2 Å². The highest BCUT2D eigenvalue weighted by atomic mass is 35.5. The minimum atomic E-state index is -0.0212. The van der Waals surface area contributed by atoms with E-state index in [-0.39, 0.29) is 17.2 Å². The lowest BCUT2D eigenvalue weighted by Gasteiger charge is -2.24. The van der Waals surface area contributed by atoms with Crippen LogP contribution in [-0.4, -0.2) is 31.9 Å². The van der Waals surface area contributed by atoms with E-state index in [0.29, 0.717) is 22.1 Å². The van der Waals surface area contributed by atoms with Crippen molar-refractivity contribution in [2.45, 2.75) is 31.1 Å². The smallest absolute Gasteiger partial charge is 0.227 e. The van der Waals surface area contributed by atoms with Gasteiger partial charge < -0.3 is 5.32 Å². The number of rotatable bonds is 3. The second-order valence-electron chi connectivity index (χ2n) is 5.36. The molecule has 1 aliphatic carbocycles. The van der Waals surface area contributed by atoms with Crippen LogP contribution in [-0.2, 0) is 4.79 Å². The largest absolute Gasteiger partial charge is 0.325 e. The molecule has 2 aromatic rings. The molecular weight excluding hydrogens is 325 g/mol. The Morgan fingerprint density at radius 2 is 2.05 bits per heavy atom. The number of hydrogen-bond acceptors (Lipinski definition) is 4. The van der Waals surface area contributed by atoms with Crippen LogP contribution in [0.2, 0.25) is 5.02 Å². The molecule has 0 unspecified atom stereocenters. The molecule has 0 saturated heterocycles. The summed E-state index contributed by atoms with van der Waals surface area (Å²) in [6, 6.07) is 5.18. The van der Waals surface area contributed by atoms with Gasteiger partial charge in [0.1, 0.15) is 0 Å². The summed E-state index contributed by atoms with van der Waals surface area (Å²) in [5.41, 5.74) is 1.27. The van der Waals surface area contributed by atoms with Crippen molar-refractivity contribution in [2.75, 3.05) is 5.32 Å². The quantitative estimate of drug-likeness (QED) is 0.840. The summed E-state index contributed by atoms with van der Waals surface area (Å²) in [5.74, 6) is 0.374. The van der Waals surface area contributed by atoms with Crippen LogP contribution >= 0.6 is 23.2 Å². The maximum absolute atomic E-state index is 12.4. The van der Waals surface area contributed by atoms with Crippen LogP contribution in [0.3, 0.4) is 0 Å². The Kier molecular flexibility index (Phi) is 4.59. The van der Waals surface area contributed by atoms with Crippen molar-refractivity contribution >= 4 is 34.8 Å². The van der Waals surface area contributed by atoms with Crippen LogP contribution in [0.25, 0.3) is 11.4 Å². The summed E-state index contributed by atoms with van der Waals surface area (Å²) in [5, 5.41) is 17.5. The van der Waals surface area contributed by atoms with Gasteiger partial charge in [-0.15, -0.1) is 21.8 Å². The molecule has 1 amide bonds. The van der Waals surface area contributed by atoms with Gasteiger partial charge in [0.15, 0.2) is 0 Å². The second kappa shape index (κ2) is 6.62. The number of halogens is 2. The Bertz CT molecular complexity index is 653. The number of carbonyl (C=O) groups is 1. The molecule has 116 valence electrons. The van der Waals surface area contributed by atoms with Gasteiger partial charge in [-0.2, -0.15) is 5.21 Å². The standard InChI is InChI=1S/C14H15Cl2N5O/c15-9-3-1-8(2-4-9)14(22)17-12-7-10(16)5-6-11(12)13-18-20-21-19-13/h5-9H,1-4H2,(H,17,22)(H,18,19,20,21). The molecule has 1 saturated carbocycles. The van der Waals surface area contributed by atoms with Gasteiger partial charge in [0.25, 0.3) is 0 Å². The van der Waals surface area contributed by atoms with Crippen LogP contribution in [0, 0.1) is 5.92 Å². The fourth-order valence-electron chi connectivity index (χ4n) is 2.64. The third-order valence-electron chi connectivity index (χ3n) is 3.85. The topological polar surface area (TPSA) is 83.6 Å². The lowest BCUT2D eigenvalue weighted by molar-refractivity contribution is -0.120. The van der Waals surface area contributed by atoms with E-state index < -0.39 is 0 Å². The van der Waals surface area contributed by atoms with E-state index in [1.807, 2.05) is 0 Å². The average molecular weight is 340 g/mol. The number of H-pyrrole nitrogens is 1. The summed E-state index contributed by atoms with van der Waals surface area (Å²) in [4.78, 5) is 12.4. The fourth-order valence-corrected chi connectivity index (χ4v) is 3.06. The predicted molar refractivity (Wildman–Crippen MR) is 84.9 cm³/mol. The predicted octanol–water partition coefficient (Wildman–Crippen LogP) is 3.26. The number of aromatic amines is 1. The molecule has 0 atom stereocenters. The molecule has 1 fully saturated rings. The van der Waals surface area contributed by atoms with E-state index >= 15 is 0 Å². The molecule has 0 radical (unpaired) electrons. The number of benzene rings is 1. The number of alkyl halides is 1. The summed E-state index contributed by atoms with van der Waals surface area (Å²) in [6.45, 7) is 0. The van der Waals surface area contributed by atoms with E-state index in [9.17, 15) is 4.79 Å². The van der Waals surface area contributed by atoms with Gasteiger partial charge in [0.05, 0.1) is 5.69 Å². The molecule has 1 aromatic carbocycles. The van der Waals surface area contributed by atoms with Gasteiger partial charge in [0.2, 0.25) is 11.7 Å². The van der Waals surface area contributed by atoms with Gasteiger partial charge >= 0.3 is 0 Å². The molecule has 2 N–H and O–H groups in total. The van der Waals surface area contributed by atoms with Crippen molar-refractivity contribution in [1.82, 2.24) is 20.6 Å². The zero-order valence-corrected chi connectivity index (χ0v) is 13.2. The summed E-state index contributed by atoms with van der Waals surface area (Å²) in [6.07, 6.45) is 3.34. The van der Waals surface area contributed by atoms with E-state index in [2.05, 4.69) is 25.9 Å². The van der Waals surface area contributed by atoms with Crippen molar-refractivity contribution in [3.63, 3.8) is 0 Å². The second-order valence-corrected chi connectivity index (χ2v) is 6.42. The molecule has 8 heteroatoms. The molecule has 1 heterocycles. The van der Waals surface area contributed by atoms with Gasteiger partial charge in [-0.25, -0.2) is 0 Å². The molecule has 0 bridgehead atoms. The number of aromatic nitrogens is 4. The highest BCUT2D eigenvalue weighted by molar-refractivity contribution is 6.31. The van der Waals surface area contributed by atoms with Crippen LogP contribution in [0.5, 0.6) is 0 Å². The van der Waals surface area contributed by atoms with E-state index in [1.165, 1.54) is 0 Å². The zero-order valence-electron chi connectivity index (χ0n) is 11.7. The number of carbonyl (C=O) groups excluding carboxylic acids is 1. The van der Waals surface area contributed by atoms with Gasteiger partial charge in [0, 0.05) is 21.9 Å². The number of amides is 1. The minimum Gasteiger partial charge on any atom is -0.325 e. The van der Waals surface area contributed by atoms with Crippen molar-refractivity contribution in [3.8, 4) is 11.4 Å². The first-order valence-electron chi connectivity index (χ1n) is 7.12. The van der Waals surface area contributed by atoms with Gasteiger partial charge in [-0.3, -0.25) is 4.79 Å². The first-order chi connectivity index (χ1) is 10.6. The van der Waals surface area contributed by atoms with Crippen LogP contribution in [0.4, 0.5) is 5.69 Å². The minimum absolute atomic E-state index is 0.0180. The van der Waals surface area contributed by atoms with Gasteiger partial charge in [-0.05, 0) is 49.1 Å². The van der Waals surface area contributed by atoms with Crippen molar-refractivity contribution in [3.05, 3.63) is 23.2 Å². The monoisotopic (exact) mass is 339 g/mol. The Labute approximate surface area is 137 Å². The van der Waals surface area contributed by atoms with Crippen molar-refractivity contribution < 1.29 is 4.79 Å². The van der Waals surface area contributed by atoms with E-state index in [1.54, 1.807) is 18.2 Å². The highest BCUT2D eigenvalue weighted by Gasteiger charge is 2.26. The maximum atomic E-state index is 12.4. The Morgan fingerprint density at radius 3 is 2.73 bits per heavy atom. The molecule has 22 heavy (non-hydrogen) atoms. The first kappa shape index (κ1) is 15.2. The number of nitrogens with zero attached hydrogens (tertiary/aromatic N) is 3. The Balaban J connectivity index is 1.79. The third-order valence-corrected chi connectivity index (χ3v) is 4.52. The molecule has 3 rings (SSSR count). The summed E-state index contributed by atoms with van der Waals surface area (Å²) in [7, 11) is 0. The first-order valence-corrected chi connectivity index (χ1v) is 7.93. The van der Waals surface area contributed by atoms with E-state index in [0.717, 1.165) is 25.7 Å². The number of hydrogen-bond donors (Lipinski definition) is 2.